The van der Waals surface area contributed by atoms with Gasteiger partial charge in [-0.3, -0.25) is 14.4 Å². The minimum atomic E-state index is -0.968. The van der Waals surface area contributed by atoms with Gasteiger partial charge in [0, 0.05) is 19.8 Å². The number of amides is 3. The van der Waals surface area contributed by atoms with E-state index >= 15 is 0 Å². The van der Waals surface area contributed by atoms with Crippen molar-refractivity contribution >= 4 is 17.7 Å². The van der Waals surface area contributed by atoms with Gasteiger partial charge in [-0.15, -0.1) is 0 Å². The van der Waals surface area contributed by atoms with Gasteiger partial charge in [-0.1, -0.05) is 37.3 Å². The minimum absolute atomic E-state index is 0.0807. The fraction of sp³-hybridized carbons (Fsp3) is 0.412. The topological polar surface area (TPSA) is 125 Å². The second-order valence-electron chi connectivity index (χ2n) is 5.67. The fourth-order valence-electron chi connectivity index (χ4n) is 2.31. The van der Waals surface area contributed by atoms with Crippen LogP contribution in [-0.4, -0.2) is 29.8 Å². The van der Waals surface area contributed by atoms with Crippen LogP contribution < -0.4 is 16.4 Å². The van der Waals surface area contributed by atoms with Crippen LogP contribution in [0, 0.1) is 17.2 Å². The van der Waals surface area contributed by atoms with Crippen molar-refractivity contribution in [2.45, 2.75) is 38.8 Å². The molecule has 3 amide bonds. The van der Waals surface area contributed by atoms with E-state index in [0.29, 0.717) is 0 Å². The van der Waals surface area contributed by atoms with Crippen LogP contribution in [0.15, 0.2) is 30.3 Å². The molecule has 0 spiro atoms. The van der Waals surface area contributed by atoms with Gasteiger partial charge in [0.05, 0.1) is 6.07 Å². The lowest BCUT2D eigenvalue weighted by molar-refractivity contribution is -0.131. The van der Waals surface area contributed by atoms with Gasteiger partial charge < -0.3 is 16.4 Å². The monoisotopic (exact) mass is 330 g/mol. The molecule has 0 saturated heterocycles. The van der Waals surface area contributed by atoms with E-state index in [9.17, 15) is 14.4 Å². The highest BCUT2D eigenvalue weighted by atomic mass is 16.2. The largest absolute Gasteiger partial charge is 0.368 e. The molecular formula is C17H22N4O3. The average Bonchev–Trinajstić information content (AvgIpc) is 2.52. The molecule has 128 valence electrons. The molecule has 1 aromatic rings. The summed E-state index contributed by atoms with van der Waals surface area (Å²) >= 11 is 0. The summed E-state index contributed by atoms with van der Waals surface area (Å²) in [6.07, 6.45) is 0.363. The lowest BCUT2D eigenvalue weighted by Crippen LogP contribution is -2.55. The highest BCUT2D eigenvalue weighted by Gasteiger charge is 2.28. The summed E-state index contributed by atoms with van der Waals surface area (Å²) in [5.41, 5.74) is 6.19. The maximum Gasteiger partial charge on any atom is 0.243 e. The van der Waals surface area contributed by atoms with Crippen molar-refractivity contribution in [2.24, 2.45) is 11.7 Å². The van der Waals surface area contributed by atoms with Gasteiger partial charge in [0.1, 0.15) is 12.1 Å². The SMILES string of the molecule is CC(=O)N[C@H](Cc1ccccc1)C(=O)N[C@H](C(N)=O)[C@@H](C)CC#N. The summed E-state index contributed by atoms with van der Waals surface area (Å²) in [7, 11) is 0. The highest BCUT2D eigenvalue weighted by molar-refractivity contribution is 5.91. The van der Waals surface area contributed by atoms with Crippen LogP contribution in [0.5, 0.6) is 0 Å². The molecular weight excluding hydrogens is 308 g/mol. The zero-order chi connectivity index (χ0) is 18.1. The Morgan fingerprint density at radius 1 is 1.21 bits per heavy atom. The number of primary amides is 1. The molecule has 24 heavy (non-hydrogen) atoms. The summed E-state index contributed by atoms with van der Waals surface area (Å²) in [4.78, 5) is 35.4. The molecule has 0 heterocycles. The Hall–Kier alpha value is -2.88. The Balaban J connectivity index is 2.88. The van der Waals surface area contributed by atoms with Crippen molar-refractivity contribution in [2.75, 3.05) is 0 Å². The second kappa shape index (κ2) is 9.30. The van der Waals surface area contributed by atoms with E-state index in [1.807, 2.05) is 36.4 Å². The first-order valence-electron chi connectivity index (χ1n) is 7.62. The number of hydrogen-bond donors (Lipinski definition) is 3. The summed E-state index contributed by atoms with van der Waals surface area (Å²) in [6, 6.07) is 9.34. The molecule has 0 aliphatic heterocycles. The standard InChI is InChI=1S/C17H22N4O3/c1-11(8-9-18)15(16(19)23)21-17(24)14(20-12(2)22)10-13-6-4-3-5-7-13/h3-7,11,14-15H,8,10H2,1-2H3,(H2,19,23)(H,20,22)(H,21,24)/t11-,14+,15-/m0/s1. The van der Waals surface area contributed by atoms with E-state index in [-0.39, 0.29) is 18.7 Å². The van der Waals surface area contributed by atoms with E-state index in [4.69, 9.17) is 11.0 Å². The number of nitriles is 1. The van der Waals surface area contributed by atoms with Gasteiger partial charge in [-0.05, 0) is 11.5 Å². The molecule has 0 aromatic heterocycles. The molecule has 1 aromatic carbocycles. The van der Waals surface area contributed by atoms with Crippen LogP contribution in [0.2, 0.25) is 0 Å². The van der Waals surface area contributed by atoms with E-state index in [2.05, 4.69) is 10.6 Å². The summed E-state index contributed by atoms with van der Waals surface area (Å²) < 4.78 is 0. The molecule has 4 N–H and O–H groups in total. The zero-order valence-corrected chi connectivity index (χ0v) is 13.8. The Kier molecular flexibility index (Phi) is 7.43. The summed E-state index contributed by atoms with van der Waals surface area (Å²) in [5.74, 6) is -2.01. The number of rotatable bonds is 8. The zero-order valence-electron chi connectivity index (χ0n) is 13.8. The van der Waals surface area contributed by atoms with Crippen LogP contribution in [0.25, 0.3) is 0 Å². The maximum absolute atomic E-state index is 12.5. The van der Waals surface area contributed by atoms with Gasteiger partial charge in [0.25, 0.3) is 0 Å². The normalized spacial score (nSPS) is 13.9. The third-order valence-corrected chi connectivity index (χ3v) is 3.56. The van der Waals surface area contributed by atoms with Crippen molar-refractivity contribution in [1.82, 2.24) is 10.6 Å². The molecule has 1 rings (SSSR count). The van der Waals surface area contributed by atoms with E-state index in [1.165, 1.54) is 6.92 Å². The number of benzene rings is 1. The molecule has 0 unspecified atom stereocenters. The molecule has 7 heteroatoms. The minimum Gasteiger partial charge on any atom is -0.368 e. The molecule has 0 fully saturated rings. The van der Waals surface area contributed by atoms with Gasteiger partial charge in [-0.25, -0.2) is 0 Å². The molecule has 0 aliphatic rings. The van der Waals surface area contributed by atoms with Crippen LogP contribution in [0.1, 0.15) is 25.8 Å². The van der Waals surface area contributed by atoms with Crippen LogP contribution in [0.4, 0.5) is 0 Å². The number of nitrogens with zero attached hydrogens (tertiary/aromatic N) is 1. The number of nitrogens with one attached hydrogen (secondary N) is 2. The predicted octanol–water partition coefficient (Wildman–Crippen LogP) is 0.254. The molecule has 7 nitrogen and oxygen atoms in total. The Morgan fingerprint density at radius 2 is 1.83 bits per heavy atom. The third-order valence-electron chi connectivity index (χ3n) is 3.56. The Labute approximate surface area is 141 Å². The highest BCUT2D eigenvalue weighted by Crippen LogP contribution is 2.09. The van der Waals surface area contributed by atoms with Crippen LogP contribution in [-0.2, 0) is 20.8 Å². The lowest BCUT2D eigenvalue weighted by atomic mass is 9.97. The first kappa shape index (κ1) is 19.2. The predicted molar refractivity (Wildman–Crippen MR) is 88.3 cm³/mol. The van der Waals surface area contributed by atoms with Crippen LogP contribution in [0.3, 0.4) is 0 Å². The van der Waals surface area contributed by atoms with Crippen molar-refractivity contribution in [1.29, 1.82) is 5.26 Å². The smallest absolute Gasteiger partial charge is 0.243 e. The van der Waals surface area contributed by atoms with E-state index < -0.39 is 29.8 Å². The first-order chi connectivity index (χ1) is 11.3. The molecule has 0 aliphatic carbocycles. The van der Waals surface area contributed by atoms with Crippen LogP contribution >= 0.6 is 0 Å². The van der Waals surface area contributed by atoms with Crippen molar-refractivity contribution in [3.8, 4) is 6.07 Å². The van der Waals surface area contributed by atoms with E-state index in [0.717, 1.165) is 5.56 Å². The Bertz CT molecular complexity index is 624. The third kappa shape index (κ3) is 6.08. The lowest BCUT2D eigenvalue weighted by Gasteiger charge is -2.24. The Morgan fingerprint density at radius 3 is 2.33 bits per heavy atom. The molecule has 3 atom stereocenters. The van der Waals surface area contributed by atoms with Gasteiger partial charge in [0.15, 0.2) is 0 Å². The quantitative estimate of drug-likeness (QED) is 0.632. The molecule has 0 radical (unpaired) electrons. The number of nitrogens with two attached hydrogens (primary N) is 1. The van der Waals surface area contributed by atoms with Crippen molar-refractivity contribution in [3.05, 3.63) is 35.9 Å². The number of hydrogen-bond acceptors (Lipinski definition) is 4. The van der Waals surface area contributed by atoms with Gasteiger partial charge >= 0.3 is 0 Å². The van der Waals surface area contributed by atoms with Gasteiger partial charge in [0.2, 0.25) is 17.7 Å². The first-order valence-corrected chi connectivity index (χ1v) is 7.62. The second-order valence-corrected chi connectivity index (χ2v) is 5.67. The average molecular weight is 330 g/mol. The fourth-order valence-corrected chi connectivity index (χ4v) is 2.31. The maximum atomic E-state index is 12.5. The number of carbonyl (C=O) groups excluding carboxylic acids is 3. The van der Waals surface area contributed by atoms with Crippen molar-refractivity contribution < 1.29 is 14.4 Å². The molecule has 0 saturated carbocycles. The molecule has 0 bridgehead atoms. The van der Waals surface area contributed by atoms with Crippen molar-refractivity contribution in [3.63, 3.8) is 0 Å². The number of carbonyl (C=O) groups is 3. The van der Waals surface area contributed by atoms with Gasteiger partial charge in [-0.2, -0.15) is 5.26 Å². The summed E-state index contributed by atoms with van der Waals surface area (Å²) in [5, 5.41) is 13.9. The summed E-state index contributed by atoms with van der Waals surface area (Å²) in [6.45, 7) is 2.97. The van der Waals surface area contributed by atoms with E-state index in [1.54, 1.807) is 6.92 Å².